The molecule has 0 aliphatic carbocycles. The molecule has 1 aromatic carbocycles. The van der Waals surface area contributed by atoms with E-state index in [0.29, 0.717) is 11.3 Å². The largest absolute Gasteiger partial charge is 0.382 e. The van der Waals surface area contributed by atoms with Gasteiger partial charge in [0.25, 0.3) is 0 Å². The van der Waals surface area contributed by atoms with E-state index in [1.54, 1.807) is 24.4 Å². The smallest absolute Gasteiger partial charge is 0.164 e. The van der Waals surface area contributed by atoms with Crippen LogP contribution < -0.4 is 10.2 Å². The highest BCUT2D eigenvalue weighted by Crippen LogP contribution is 2.24. The van der Waals surface area contributed by atoms with Gasteiger partial charge in [0, 0.05) is 31.0 Å². The highest BCUT2D eigenvalue weighted by molar-refractivity contribution is 5.99. The SMILES string of the molecule is CC(=O)c1c(F)cccc1NC1CCN(c2ccc(C#N)cn2)CC1. The van der Waals surface area contributed by atoms with E-state index in [0.717, 1.165) is 31.7 Å². The van der Waals surface area contributed by atoms with Gasteiger partial charge < -0.3 is 10.2 Å². The summed E-state index contributed by atoms with van der Waals surface area (Å²) in [6.07, 6.45) is 3.29. The standard InChI is InChI=1S/C19H19FN4O/c1-13(25)19-16(20)3-2-4-17(19)23-15-7-9-24(10-8-15)18-6-5-14(11-21)12-22-18/h2-6,12,15,23H,7-10H2,1H3. The van der Waals surface area contributed by atoms with Crippen LogP contribution in [0.1, 0.15) is 35.7 Å². The van der Waals surface area contributed by atoms with Crippen molar-refractivity contribution in [3.05, 3.63) is 53.5 Å². The van der Waals surface area contributed by atoms with Crippen LogP contribution in [-0.4, -0.2) is 29.9 Å². The number of carbonyl (C=O) groups excluding carboxylic acids is 1. The maximum Gasteiger partial charge on any atom is 0.164 e. The summed E-state index contributed by atoms with van der Waals surface area (Å²) in [7, 11) is 0. The van der Waals surface area contributed by atoms with E-state index in [4.69, 9.17) is 5.26 Å². The molecule has 1 N–H and O–H groups in total. The first-order chi connectivity index (χ1) is 12.1. The minimum absolute atomic E-state index is 0.124. The molecule has 0 amide bonds. The summed E-state index contributed by atoms with van der Waals surface area (Å²) in [5, 5.41) is 12.1. The van der Waals surface area contributed by atoms with Gasteiger partial charge in [-0.25, -0.2) is 9.37 Å². The lowest BCUT2D eigenvalue weighted by Crippen LogP contribution is -2.39. The lowest BCUT2D eigenvalue weighted by Gasteiger charge is -2.34. The average molecular weight is 338 g/mol. The van der Waals surface area contributed by atoms with Gasteiger partial charge in [-0.15, -0.1) is 0 Å². The monoisotopic (exact) mass is 338 g/mol. The zero-order valence-electron chi connectivity index (χ0n) is 14.0. The molecule has 1 aliphatic rings. The number of aromatic nitrogens is 1. The second kappa shape index (κ2) is 7.31. The molecule has 1 fully saturated rings. The second-order valence-corrected chi connectivity index (χ2v) is 6.14. The van der Waals surface area contributed by atoms with Gasteiger partial charge in [0.1, 0.15) is 17.7 Å². The number of halogens is 1. The van der Waals surface area contributed by atoms with Gasteiger partial charge in [-0.2, -0.15) is 5.26 Å². The molecule has 0 saturated carbocycles. The highest BCUT2D eigenvalue weighted by Gasteiger charge is 2.22. The van der Waals surface area contributed by atoms with Gasteiger partial charge >= 0.3 is 0 Å². The molecule has 1 saturated heterocycles. The van der Waals surface area contributed by atoms with Gasteiger partial charge in [-0.1, -0.05) is 6.07 Å². The van der Waals surface area contributed by atoms with E-state index in [2.05, 4.69) is 21.3 Å². The number of rotatable bonds is 4. The van der Waals surface area contributed by atoms with Crippen LogP contribution in [0.5, 0.6) is 0 Å². The Kier molecular flexibility index (Phi) is 4.94. The van der Waals surface area contributed by atoms with Crippen molar-refractivity contribution in [2.24, 2.45) is 0 Å². The number of pyridine rings is 1. The minimum atomic E-state index is -0.489. The Balaban J connectivity index is 1.64. The van der Waals surface area contributed by atoms with Crippen LogP contribution in [0.4, 0.5) is 15.9 Å². The van der Waals surface area contributed by atoms with E-state index in [1.165, 1.54) is 13.0 Å². The molecule has 0 spiro atoms. The Labute approximate surface area is 146 Å². The Hall–Kier alpha value is -2.94. The fraction of sp³-hybridized carbons (Fsp3) is 0.316. The van der Waals surface area contributed by atoms with E-state index >= 15 is 0 Å². The first kappa shape index (κ1) is 16.9. The van der Waals surface area contributed by atoms with Crippen molar-refractivity contribution in [1.29, 1.82) is 5.26 Å². The van der Waals surface area contributed by atoms with Crippen LogP contribution in [0, 0.1) is 17.1 Å². The van der Waals surface area contributed by atoms with Crippen molar-refractivity contribution in [2.75, 3.05) is 23.3 Å². The number of hydrogen-bond acceptors (Lipinski definition) is 5. The molecule has 0 bridgehead atoms. The van der Waals surface area contributed by atoms with Gasteiger partial charge in [0.15, 0.2) is 5.78 Å². The topological polar surface area (TPSA) is 69.0 Å². The molecule has 0 radical (unpaired) electrons. The molecule has 3 rings (SSSR count). The number of nitriles is 1. The van der Waals surface area contributed by atoms with Crippen molar-refractivity contribution in [3.8, 4) is 6.07 Å². The quantitative estimate of drug-likeness (QED) is 0.866. The number of ketones is 1. The molecule has 1 aromatic heterocycles. The number of carbonyl (C=O) groups is 1. The van der Waals surface area contributed by atoms with Crippen molar-refractivity contribution in [3.63, 3.8) is 0 Å². The molecule has 0 unspecified atom stereocenters. The molecule has 1 aliphatic heterocycles. The summed E-state index contributed by atoms with van der Waals surface area (Å²) in [6.45, 7) is 2.99. The molecule has 2 aromatic rings. The maximum atomic E-state index is 13.9. The number of nitrogens with one attached hydrogen (secondary N) is 1. The number of Topliss-reactive ketones (excluding diaryl/α,β-unsaturated/α-hetero) is 1. The Morgan fingerprint density at radius 2 is 2.08 bits per heavy atom. The minimum Gasteiger partial charge on any atom is -0.382 e. The Bertz CT molecular complexity index is 805. The van der Waals surface area contributed by atoms with Gasteiger partial charge in [0.05, 0.1) is 11.1 Å². The number of nitrogens with zero attached hydrogens (tertiary/aromatic N) is 3. The number of hydrogen-bond donors (Lipinski definition) is 1. The van der Waals surface area contributed by atoms with E-state index in [1.807, 2.05) is 6.07 Å². The fourth-order valence-corrected chi connectivity index (χ4v) is 3.11. The molecule has 2 heterocycles. The van der Waals surface area contributed by atoms with Crippen molar-refractivity contribution >= 4 is 17.3 Å². The lowest BCUT2D eigenvalue weighted by molar-refractivity contribution is 0.101. The molecule has 128 valence electrons. The third kappa shape index (κ3) is 3.77. The van der Waals surface area contributed by atoms with Gasteiger partial charge in [-0.05, 0) is 44.0 Å². The van der Waals surface area contributed by atoms with Crippen molar-refractivity contribution in [1.82, 2.24) is 4.98 Å². The first-order valence-electron chi connectivity index (χ1n) is 8.25. The molecular formula is C19H19FN4O. The molecular weight excluding hydrogens is 319 g/mol. The van der Waals surface area contributed by atoms with Crippen LogP contribution >= 0.6 is 0 Å². The number of piperidine rings is 1. The second-order valence-electron chi connectivity index (χ2n) is 6.14. The molecule has 25 heavy (non-hydrogen) atoms. The summed E-state index contributed by atoms with van der Waals surface area (Å²) < 4.78 is 13.9. The fourth-order valence-electron chi connectivity index (χ4n) is 3.11. The third-order valence-corrected chi connectivity index (χ3v) is 4.42. The van der Waals surface area contributed by atoms with Crippen LogP contribution in [-0.2, 0) is 0 Å². The predicted octanol–water partition coefficient (Wildman–Crippen LogP) is 3.38. The van der Waals surface area contributed by atoms with Crippen molar-refractivity contribution < 1.29 is 9.18 Å². The van der Waals surface area contributed by atoms with E-state index < -0.39 is 5.82 Å². The summed E-state index contributed by atoms with van der Waals surface area (Å²) in [4.78, 5) is 18.2. The van der Waals surface area contributed by atoms with Crippen LogP contribution in [0.2, 0.25) is 0 Å². The Morgan fingerprint density at radius 3 is 2.68 bits per heavy atom. The third-order valence-electron chi connectivity index (χ3n) is 4.42. The van der Waals surface area contributed by atoms with Crippen LogP contribution in [0.15, 0.2) is 36.5 Å². The van der Waals surface area contributed by atoms with Crippen molar-refractivity contribution in [2.45, 2.75) is 25.8 Å². The first-order valence-corrected chi connectivity index (χ1v) is 8.25. The van der Waals surface area contributed by atoms with Crippen LogP contribution in [0.25, 0.3) is 0 Å². The molecule has 0 atom stereocenters. The summed E-state index contributed by atoms with van der Waals surface area (Å²) in [6, 6.07) is 10.5. The zero-order chi connectivity index (χ0) is 17.8. The lowest BCUT2D eigenvalue weighted by atomic mass is 10.0. The highest BCUT2D eigenvalue weighted by atomic mass is 19.1. The normalized spacial score (nSPS) is 14.8. The molecule has 5 nitrogen and oxygen atoms in total. The van der Waals surface area contributed by atoms with Gasteiger partial charge in [-0.3, -0.25) is 4.79 Å². The Morgan fingerprint density at radius 1 is 1.32 bits per heavy atom. The summed E-state index contributed by atoms with van der Waals surface area (Å²) in [5.41, 5.74) is 1.23. The number of benzene rings is 1. The average Bonchev–Trinajstić information content (AvgIpc) is 2.62. The van der Waals surface area contributed by atoms with Gasteiger partial charge in [0.2, 0.25) is 0 Å². The van der Waals surface area contributed by atoms with E-state index in [-0.39, 0.29) is 17.4 Å². The maximum absolute atomic E-state index is 13.9. The zero-order valence-corrected chi connectivity index (χ0v) is 14.0. The summed E-state index contributed by atoms with van der Waals surface area (Å²) >= 11 is 0. The molecule has 6 heteroatoms. The number of anilines is 2. The predicted molar refractivity (Wildman–Crippen MR) is 94.2 cm³/mol. The van der Waals surface area contributed by atoms with E-state index in [9.17, 15) is 9.18 Å². The summed E-state index contributed by atoms with van der Waals surface area (Å²) in [5.74, 6) is 0.0872. The van der Waals surface area contributed by atoms with Crippen LogP contribution in [0.3, 0.4) is 0 Å².